The first kappa shape index (κ1) is 24.6. The van der Waals surface area contributed by atoms with E-state index in [-0.39, 0.29) is 5.91 Å². The minimum Gasteiger partial charge on any atom is -0.355 e. The first-order valence-electron chi connectivity index (χ1n) is 13.8. The van der Waals surface area contributed by atoms with Gasteiger partial charge in [0.15, 0.2) is 5.82 Å². The summed E-state index contributed by atoms with van der Waals surface area (Å²) < 4.78 is 1.94. The van der Waals surface area contributed by atoms with Crippen LogP contribution in [0.1, 0.15) is 36.0 Å². The number of rotatable bonds is 7. The fraction of sp³-hybridized carbons (Fsp3) is 0.400. The van der Waals surface area contributed by atoms with Gasteiger partial charge in [-0.15, -0.1) is 0 Å². The molecule has 0 spiro atoms. The predicted octanol–water partition coefficient (Wildman–Crippen LogP) is 4.14. The van der Waals surface area contributed by atoms with E-state index < -0.39 is 0 Å². The number of piperidine rings is 2. The molecule has 0 saturated carbocycles. The van der Waals surface area contributed by atoms with Gasteiger partial charge >= 0.3 is 0 Å². The van der Waals surface area contributed by atoms with Crippen molar-refractivity contribution in [1.29, 1.82) is 0 Å². The molecular formula is C30H35N7O. The van der Waals surface area contributed by atoms with E-state index in [0.717, 1.165) is 66.1 Å². The van der Waals surface area contributed by atoms with Gasteiger partial charge in [0.25, 0.3) is 5.91 Å². The number of benzene rings is 2. The van der Waals surface area contributed by atoms with Crippen LogP contribution in [0.15, 0.2) is 67.3 Å². The largest absolute Gasteiger partial charge is 0.355 e. The normalized spacial score (nSPS) is 17.1. The molecule has 0 aliphatic carbocycles. The lowest BCUT2D eigenvalue weighted by atomic mass is 9.79. The molecule has 4 heterocycles. The summed E-state index contributed by atoms with van der Waals surface area (Å²) in [4.78, 5) is 29.5. The molecular weight excluding hydrogens is 474 g/mol. The highest BCUT2D eigenvalue weighted by atomic mass is 16.1. The topological polar surface area (TPSA) is 88.0 Å². The van der Waals surface area contributed by atoms with E-state index in [1.165, 1.54) is 25.7 Å². The molecule has 8 nitrogen and oxygen atoms in total. The number of carbonyl (C=O) groups is 1. The maximum absolute atomic E-state index is 12.9. The Morgan fingerprint density at radius 1 is 0.947 bits per heavy atom. The van der Waals surface area contributed by atoms with E-state index in [0.29, 0.717) is 18.7 Å². The number of hydrogen-bond donors (Lipinski definition) is 2. The van der Waals surface area contributed by atoms with Crippen LogP contribution >= 0.6 is 0 Å². The van der Waals surface area contributed by atoms with Gasteiger partial charge in [0.2, 0.25) is 0 Å². The van der Waals surface area contributed by atoms with Crippen molar-refractivity contribution >= 4 is 22.8 Å². The minimum absolute atomic E-state index is 0.112. The minimum atomic E-state index is -0.112. The van der Waals surface area contributed by atoms with Crippen molar-refractivity contribution in [2.75, 3.05) is 37.6 Å². The third-order valence-corrected chi connectivity index (χ3v) is 8.06. The van der Waals surface area contributed by atoms with Crippen molar-refractivity contribution in [2.24, 2.45) is 11.8 Å². The van der Waals surface area contributed by atoms with Crippen molar-refractivity contribution in [3.05, 3.63) is 72.8 Å². The number of carbonyl (C=O) groups excluding carboxylic acids is 1. The molecule has 0 unspecified atom stereocenters. The first-order valence-corrected chi connectivity index (χ1v) is 13.8. The second kappa shape index (κ2) is 11.3. The Balaban J connectivity index is 1.24. The summed E-state index contributed by atoms with van der Waals surface area (Å²) in [5.74, 6) is 2.49. The monoisotopic (exact) mass is 509 g/mol. The molecule has 2 aromatic carbocycles. The molecule has 6 rings (SSSR count). The van der Waals surface area contributed by atoms with Gasteiger partial charge in [0, 0.05) is 49.7 Å². The highest BCUT2D eigenvalue weighted by Crippen LogP contribution is 2.36. The number of aromatic nitrogens is 4. The predicted molar refractivity (Wildman–Crippen MR) is 150 cm³/mol. The summed E-state index contributed by atoms with van der Waals surface area (Å²) in [7, 11) is 0. The summed E-state index contributed by atoms with van der Waals surface area (Å²) in [5.41, 5.74) is 4.07. The zero-order valence-corrected chi connectivity index (χ0v) is 21.7. The van der Waals surface area contributed by atoms with Gasteiger partial charge in [-0.1, -0.05) is 30.3 Å². The van der Waals surface area contributed by atoms with Crippen molar-refractivity contribution in [2.45, 2.75) is 32.2 Å². The average Bonchev–Trinajstić information content (AvgIpc) is 3.51. The third kappa shape index (κ3) is 5.41. The van der Waals surface area contributed by atoms with Crippen LogP contribution in [0.25, 0.3) is 22.3 Å². The zero-order valence-electron chi connectivity index (χ0n) is 21.7. The Morgan fingerprint density at radius 2 is 1.74 bits per heavy atom. The number of fused-ring (bicyclic) bond motifs is 1. The molecule has 2 aliphatic heterocycles. The van der Waals surface area contributed by atoms with Gasteiger partial charge in [-0.3, -0.25) is 4.79 Å². The van der Waals surface area contributed by atoms with Crippen molar-refractivity contribution in [3.63, 3.8) is 0 Å². The molecule has 2 N–H and O–H groups in total. The second-order valence-corrected chi connectivity index (χ2v) is 10.4. The van der Waals surface area contributed by atoms with Crippen LogP contribution < -0.4 is 15.5 Å². The van der Waals surface area contributed by atoms with E-state index in [1.54, 1.807) is 12.5 Å². The highest BCUT2D eigenvalue weighted by Gasteiger charge is 2.29. The smallest absolute Gasteiger partial charge is 0.251 e. The Morgan fingerprint density at radius 3 is 2.50 bits per heavy atom. The molecule has 0 atom stereocenters. The van der Waals surface area contributed by atoms with Crippen molar-refractivity contribution in [1.82, 2.24) is 30.2 Å². The van der Waals surface area contributed by atoms with Crippen LogP contribution in [-0.2, 0) is 6.54 Å². The van der Waals surface area contributed by atoms with Gasteiger partial charge in [0.05, 0.1) is 17.4 Å². The van der Waals surface area contributed by atoms with E-state index in [2.05, 4.69) is 32.7 Å². The van der Waals surface area contributed by atoms with E-state index in [1.807, 2.05) is 47.2 Å². The van der Waals surface area contributed by atoms with Crippen molar-refractivity contribution < 1.29 is 4.79 Å². The number of amides is 1. The fourth-order valence-corrected chi connectivity index (χ4v) is 5.91. The molecule has 2 aliphatic rings. The van der Waals surface area contributed by atoms with E-state index >= 15 is 0 Å². The number of nitrogens with zero attached hydrogens (tertiary/aromatic N) is 5. The van der Waals surface area contributed by atoms with Crippen LogP contribution in [0.3, 0.4) is 0 Å². The lowest BCUT2D eigenvalue weighted by Gasteiger charge is -2.38. The SMILES string of the molecule is O=C(NCCn1ccnc1)c1ccc2nc(N3CCC(C4CCNCC4)CC3)c(-c3ccccc3)nc2c1. The Hall–Kier alpha value is -3.78. The molecule has 38 heavy (non-hydrogen) atoms. The Bertz CT molecular complexity index is 1360. The molecule has 0 radical (unpaired) electrons. The Labute approximate surface area is 223 Å². The molecule has 1 amide bonds. The first-order chi connectivity index (χ1) is 18.7. The van der Waals surface area contributed by atoms with Gasteiger partial charge in [0.1, 0.15) is 5.69 Å². The van der Waals surface area contributed by atoms with Crippen LogP contribution in [0.5, 0.6) is 0 Å². The summed E-state index contributed by atoms with van der Waals surface area (Å²) >= 11 is 0. The average molecular weight is 510 g/mol. The fourth-order valence-electron chi connectivity index (χ4n) is 5.91. The summed E-state index contributed by atoms with van der Waals surface area (Å²) in [6.45, 7) is 5.53. The molecule has 0 bridgehead atoms. The van der Waals surface area contributed by atoms with Gasteiger partial charge in [-0.2, -0.15) is 0 Å². The molecule has 4 aromatic rings. The third-order valence-electron chi connectivity index (χ3n) is 8.06. The van der Waals surface area contributed by atoms with Crippen LogP contribution in [0.2, 0.25) is 0 Å². The van der Waals surface area contributed by atoms with E-state index in [9.17, 15) is 4.79 Å². The molecule has 196 valence electrons. The number of nitrogens with one attached hydrogen (secondary N) is 2. The number of anilines is 1. The standard InChI is InChI=1S/C30H35N7O/c38-30(33-15-19-36-18-14-32-21-36)25-6-7-26-27(20-25)34-28(24-4-2-1-3-5-24)29(35-26)37-16-10-23(11-17-37)22-8-12-31-13-9-22/h1-7,14,18,20-23,31H,8-13,15-17,19H2,(H,33,38). The van der Waals surface area contributed by atoms with Crippen LogP contribution in [0, 0.1) is 11.8 Å². The maximum atomic E-state index is 12.9. The molecule has 2 aromatic heterocycles. The molecule has 2 fully saturated rings. The lowest BCUT2D eigenvalue weighted by Crippen LogP contribution is -2.40. The number of imidazole rings is 1. The summed E-state index contributed by atoms with van der Waals surface area (Å²) in [6, 6.07) is 15.9. The lowest BCUT2D eigenvalue weighted by molar-refractivity contribution is 0.0952. The quantitative estimate of drug-likeness (QED) is 0.389. The summed E-state index contributed by atoms with van der Waals surface area (Å²) in [5, 5.41) is 6.50. The van der Waals surface area contributed by atoms with Gasteiger partial charge in [-0.25, -0.2) is 15.0 Å². The van der Waals surface area contributed by atoms with Gasteiger partial charge in [-0.05, 0) is 68.8 Å². The number of hydrogen-bond acceptors (Lipinski definition) is 6. The van der Waals surface area contributed by atoms with E-state index in [4.69, 9.17) is 9.97 Å². The molecule has 2 saturated heterocycles. The van der Waals surface area contributed by atoms with Crippen LogP contribution in [-0.4, -0.2) is 58.1 Å². The van der Waals surface area contributed by atoms with Gasteiger partial charge < -0.3 is 20.1 Å². The molecule has 8 heteroatoms. The Kier molecular flexibility index (Phi) is 7.31. The highest BCUT2D eigenvalue weighted by molar-refractivity contribution is 5.97. The summed E-state index contributed by atoms with van der Waals surface area (Å²) in [6.07, 6.45) is 10.4. The second-order valence-electron chi connectivity index (χ2n) is 10.4. The van der Waals surface area contributed by atoms with Crippen LogP contribution in [0.4, 0.5) is 5.82 Å². The zero-order chi connectivity index (χ0) is 25.7. The maximum Gasteiger partial charge on any atom is 0.251 e. The van der Waals surface area contributed by atoms with Crippen molar-refractivity contribution in [3.8, 4) is 11.3 Å².